The molecule has 2 bridgehead atoms. The zero-order valence-corrected chi connectivity index (χ0v) is 20.0. The number of carbonyl (C=O) groups is 1. The van der Waals surface area contributed by atoms with E-state index in [1.807, 2.05) is 11.8 Å². The summed E-state index contributed by atoms with van der Waals surface area (Å²) in [5, 5.41) is 0.0509. The number of halogens is 3. The van der Waals surface area contributed by atoms with Gasteiger partial charge in [0.15, 0.2) is 0 Å². The molecule has 0 saturated carbocycles. The average molecular weight is 498 g/mol. The van der Waals surface area contributed by atoms with Gasteiger partial charge in [0.25, 0.3) is 5.91 Å². The van der Waals surface area contributed by atoms with Gasteiger partial charge in [-0.15, -0.1) is 0 Å². The molecule has 0 N–H and O–H groups in total. The normalized spacial score (nSPS) is 20.5. The number of amides is 1. The summed E-state index contributed by atoms with van der Waals surface area (Å²) in [6.07, 6.45) is 2.16. The van der Waals surface area contributed by atoms with E-state index in [1.54, 1.807) is 4.90 Å². The van der Waals surface area contributed by atoms with Gasteiger partial charge in [-0.3, -0.25) is 4.79 Å². The minimum Gasteiger partial charge on any atom is -0.360 e. The Morgan fingerprint density at radius 2 is 1.79 bits per heavy atom. The van der Waals surface area contributed by atoms with Crippen LogP contribution < -0.4 is 4.90 Å². The number of sulfonamides is 1. The fourth-order valence-corrected chi connectivity index (χ4v) is 6.29. The molecular formula is C23H26ClF2N3O3S. The Hall–Kier alpha value is -2.23. The van der Waals surface area contributed by atoms with Gasteiger partial charge in [0.05, 0.1) is 21.2 Å². The van der Waals surface area contributed by atoms with Gasteiger partial charge in [0.1, 0.15) is 11.6 Å². The number of fused-ring (bicyclic) bond motifs is 2. The van der Waals surface area contributed by atoms with Crippen LogP contribution in [0.5, 0.6) is 0 Å². The SMILES string of the molecule is CCCN(C)S(=O)(=O)c1ccc(F)c(N2C3CCC2CN(C(=O)c2ccc(F)cc2Cl)C3)c1. The highest BCUT2D eigenvalue weighted by Gasteiger charge is 2.43. The largest absolute Gasteiger partial charge is 0.360 e. The molecule has 4 rings (SSSR count). The summed E-state index contributed by atoms with van der Waals surface area (Å²) in [5.74, 6) is -1.31. The molecule has 2 aliphatic rings. The third-order valence-corrected chi connectivity index (χ3v) is 8.54. The van der Waals surface area contributed by atoms with Crippen molar-refractivity contribution in [3.8, 4) is 0 Å². The number of rotatable bonds is 6. The first-order valence-electron chi connectivity index (χ1n) is 10.9. The van der Waals surface area contributed by atoms with E-state index >= 15 is 0 Å². The topological polar surface area (TPSA) is 60.9 Å². The minimum absolute atomic E-state index is 0.0471. The Labute approximate surface area is 197 Å². The highest BCUT2D eigenvalue weighted by Crippen LogP contribution is 2.38. The highest BCUT2D eigenvalue weighted by molar-refractivity contribution is 7.89. The molecule has 0 radical (unpaired) electrons. The van der Waals surface area contributed by atoms with Crippen molar-refractivity contribution in [3.05, 3.63) is 58.6 Å². The molecule has 2 fully saturated rings. The summed E-state index contributed by atoms with van der Waals surface area (Å²) >= 11 is 6.08. The van der Waals surface area contributed by atoms with Gasteiger partial charge in [0, 0.05) is 38.8 Å². The predicted octanol–water partition coefficient (Wildman–Crippen LogP) is 4.14. The lowest BCUT2D eigenvalue weighted by Crippen LogP contribution is -2.55. The maximum Gasteiger partial charge on any atom is 0.255 e. The van der Waals surface area contributed by atoms with Crippen molar-refractivity contribution in [2.45, 2.75) is 43.2 Å². The first kappa shape index (κ1) is 23.9. The van der Waals surface area contributed by atoms with Crippen LogP contribution in [0.25, 0.3) is 0 Å². The first-order valence-corrected chi connectivity index (χ1v) is 12.7. The van der Waals surface area contributed by atoms with Crippen LogP contribution in [-0.4, -0.2) is 62.3 Å². The van der Waals surface area contributed by atoms with Crippen LogP contribution in [0.2, 0.25) is 5.02 Å². The van der Waals surface area contributed by atoms with Crippen LogP contribution in [0.15, 0.2) is 41.3 Å². The Balaban J connectivity index is 1.60. The number of carbonyl (C=O) groups excluding carboxylic acids is 1. The molecular weight excluding hydrogens is 472 g/mol. The Morgan fingerprint density at radius 3 is 2.39 bits per heavy atom. The number of hydrogen-bond donors (Lipinski definition) is 0. The van der Waals surface area contributed by atoms with Crippen molar-refractivity contribution in [2.24, 2.45) is 0 Å². The molecule has 2 atom stereocenters. The summed E-state index contributed by atoms with van der Waals surface area (Å²) in [6.45, 7) is 2.94. The molecule has 0 spiro atoms. The zero-order chi connectivity index (χ0) is 23.9. The second-order valence-corrected chi connectivity index (χ2v) is 11.0. The Kier molecular flexibility index (Phi) is 6.66. The van der Waals surface area contributed by atoms with E-state index in [4.69, 9.17) is 11.6 Å². The maximum absolute atomic E-state index is 14.9. The van der Waals surface area contributed by atoms with Crippen molar-refractivity contribution >= 4 is 33.2 Å². The van der Waals surface area contributed by atoms with Crippen molar-refractivity contribution in [1.82, 2.24) is 9.21 Å². The smallest absolute Gasteiger partial charge is 0.255 e. The second-order valence-electron chi connectivity index (χ2n) is 8.57. The van der Waals surface area contributed by atoms with Gasteiger partial charge in [-0.2, -0.15) is 0 Å². The van der Waals surface area contributed by atoms with Crippen LogP contribution in [0.4, 0.5) is 14.5 Å². The Morgan fingerprint density at radius 1 is 1.12 bits per heavy atom. The van der Waals surface area contributed by atoms with E-state index < -0.39 is 21.7 Å². The number of hydrogen-bond acceptors (Lipinski definition) is 4. The number of nitrogens with zero attached hydrogens (tertiary/aromatic N) is 3. The van der Waals surface area contributed by atoms with E-state index in [2.05, 4.69) is 0 Å². The molecule has 6 nitrogen and oxygen atoms in total. The van der Waals surface area contributed by atoms with Crippen LogP contribution in [0.1, 0.15) is 36.5 Å². The van der Waals surface area contributed by atoms with Crippen LogP contribution in [0, 0.1) is 11.6 Å². The van der Waals surface area contributed by atoms with Gasteiger partial charge >= 0.3 is 0 Å². The molecule has 178 valence electrons. The van der Waals surface area contributed by atoms with E-state index in [0.717, 1.165) is 18.9 Å². The van der Waals surface area contributed by atoms with Crippen molar-refractivity contribution in [3.63, 3.8) is 0 Å². The summed E-state index contributed by atoms with van der Waals surface area (Å²) in [6, 6.07) is 7.24. The molecule has 0 aromatic heterocycles. The third-order valence-electron chi connectivity index (χ3n) is 6.37. The van der Waals surface area contributed by atoms with E-state index in [0.29, 0.717) is 26.1 Å². The van der Waals surface area contributed by atoms with Crippen LogP contribution in [-0.2, 0) is 10.0 Å². The van der Waals surface area contributed by atoms with Gasteiger partial charge < -0.3 is 9.80 Å². The van der Waals surface area contributed by atoms with E-state index in [1.165, 1.54) is 41.7 Å². The molecule has 33 heavy (non-hydrogen) atoms. The Bertz CT molecular complexity index is 1160. The number of anilines is 1. The summed E-state index contributed by atoms with van der Waals surface area (Å²) in [5.41, 5.74) is 0.463. The first-order chi connectivity index (χ1) is 15.6. The minimum atomic E-state index is -3.73. The molecule has 2 heterocycles. The van der Waals surface area contributed by atoms with Gasteiger partial charge in [0.2, 0.25) is 10.0 Å². The van der Waals surface area contributed by atoms with Crippen molar-refractivity contribution in [2.75, 3.05) is 31.6 Å². The summed E-state index contributed by atoms with van der Waals surface area (Å²) in [4.78, 5) is 16.6. The number of benzene rings is 2. The highest BCUT2D eigenvalue weighted by atomic mass is 35.5. The predicted molar refractivity (Wildman–Crippen MR) is 123 cm³/mol. The third kappa shape index (κ3) is 4.46. The van der Waals surface area contributed by atoms with Crippen molar-refractivity contribution < 1.29 is 22.0 Å². The van der Waals surface area contributed by atoms with Gasteiger partial charge in [-0.25, -0.2) is 21.5 Å². The molecule has 2 unspecified atom stereocenters. The standard InChI is InChI=1S/C23H26ClF2N3O3S/c1-3-10-27(2)33(31,32)18-7-9-21(26)22(12-18)29-16-5-6-17(29)14-28(13-16)23(30)19-8-4-15(25)11-20(19)24/h4,7-9,11-12,16-17H,3,5-6,10,13-14H2,1-2H3. The number of piperazine rings is 1. The maximum atomic E-state index is 14.9. The molecule has 2 aliphatic heterocycles. The lowest BCUT2D eigenvalue weighted by molar-refractivity contribution is 0.0717. The zero-order valence-electron chi connectivity index (χ0n) is 18.5. The van der Waals surface area contributed by atoms with Crippen LogP contribution in [0.3, 0.4) is 0 Å². The number of likely N-dealkylation sites (tertiary alicyclic amines) is 1. The van der Waals surface area contributed by atoms with Crippen molar-refractivity contribution in [1.29, 1.82) is 0 Å². The lowest BCUT2D eigenvalue weighted by Gasteiger charge is -2.42. The molecule has 2 aromatic rings. The molecule has 2 aromatic carbocycles. The summed E-state index contributed by atoms with van der Waals surface area (Å²) in [7, 11) is -2.22. The van der Waals surface area contributed by atoms with Gasteiger partial charge in [-0.05, 0) is 55.7 Å². The molecule has 0 aliphatic carbocycles. The van der Waals surface area contributed by atoms with Gasteiger partial charge in [-0.1, -0.05) is 18.5 Å². The van der Waals surface area contributed by atoms with Crippen LogP contribution >= 0.6 is 11.6 Å². The quantitative estimate of drug-likeness (QED) is 0.601. The molecule has 2 saturated heterocycles. The fourth-order valence-electron chi connectivity index (χ4n) is 4.76. The monoisotopic (exact) mass is 497 g/mol. The average Bonchev–Trinajstić information content (AvgIpc) is 3.02. The molecule has 1 amide bonds. The lowest BCUT2D eigenvalue weighted by atomic mass is 10.1. The second kappa shape index (κ2) is 9.19. The molecule has 10 heteroatoms. The summed E-state index contributed by atoms with van der Waals surface area (Å²) < 4.78 is 55.3. The van der Waals surface area contributed by atoms with E-state index in [-0.39, 0.29) is 39.2 Å². The fraction of sp³-hybridized carbons (Fsp3) is 0.435. The van der Waals surface area contributed by atoms with E-state index in [9.17, 15) is 22.0 Å².